The molecule has 2 unspecified atom stereocenters. The molecule has 5 N–H and O–H groups in total. The molecule has 17 nitrogen and oxygen atoms in total. The Morgan fingerprint density at radius 3 is 2.54 bits per heavy atom. The first-order valence-electron chi connectivity index (χ1n) is 12.8. The summed E-state index contributed by atoms with van der Waals surface area (Å²) in [7, 11) is -4.34. The highest BCUT2D eigenvalue weighted by atomic mass is 31.2. The third-order valence-corrected chi connectivity index (χ3v) is 7.83. The first kappa shape index (κ1) is 34.4. The first-order valence-corrected chi connectivity index (χ1v) is 14.4. The molecule has 2 heterocycles. The Hall–Kier alpha value is -2.85. The van der Waals surface area contributed by atoms with E-state index in [4.69, 9.17) is 24.3 Å². The molecular weight excluding hydrogens is 565 g/mol. The van der Waals surface area contributed by atoms with Crippen LogP contribution in [0.15, 0.2) is 39.2 Å². The Morgan fingerprint density at radius 1 is 1.32 bits per heavy atom. The van der Waals surface area contributed by atoms with Crippen LogP contribution >= 0.6 is 7.67 Å². The van der Waals surface area contributed by atoms with Crippen LogP contribution in [0, 0.1) is 0 Å². The second-order valence-corrected chi connectivity index (χ2v) is 11.9. The molecule has 1 aliphatic heterocycles. The molecule has 0 saturated carbocycles. The molecule has 0 aliphatic carbocycles. The minimum Gasteiger partial charge on any atom is -0.462 e. The van der Waals surface area contributed by atoms with Crippen LogP contribution < -0.4 is 21.4 Å². The summed E-state index contributed by atoms with van der Waals surface area (Å²) in [6.07, 6.45) is -4.06. The summed E-state index contributed by atoms with van der Waals surface area (Å²) in [6.45, 7) is 12.4. The molecule has 2 rings (SSSR count). The van der Waals surface area contributed by atoms with Gasteiger partial charge in [0, 0.05) is 29.3 Å². The minimum absolute atomic E-state index is 0.241. The van der Waals surface area contributed by atoms with E-state index in [-0.39, 0.29) is 18.2 Å². The summed E-state index contributed by atoms with van der Waals surface area (Å²) < 4.78 is 37.2. The molecule has 7 atom stereocenters. The maximum Gasteiger partial charge on any atom is 0.342 e. The number of esters is 1. The molecule has 1 fully saturated rings. The van der Waals surface area contributed by atoms with Gasteiger partial charge in [-0.05, 0) is 47.1 Å². The van der Waals surface area contributed by atoms with Crippen LogP contribution in [0.5, 0.6) is 0 Å². The van der Waals surface area contributed by atoms with E-state index in [9.17, 15) is 29.2 Å². The third kappa shape index (κ3) is 9.07. The third-order valence-electron chi connectivity index (χ3n) is 5.87. The van der Waals surface area contributed by atoms with Gasteiger partial charge >= 0.3 is 19.3 Å². The standard InChI is InChI=1S/C23H38N7O10P/c1-12(2)38-20(33)14(5)27-41(36,28-15(6)21(34)39-13(3)4)37-11-23(16(7)26-29-24)17(31)10-19(40-23)30-9-8-18(32)25-22(30)35/h8-9,12-15,17,19-20,31,33H,7,10-11H2,1-6H3,(H,25,32,35)(H2,27,28,36)/t14-,15-,17-,19+,20?,23-,41?/m0/s1. The number of hydrogen-bond acceptors (Lipinski definition) is 11. The van der Waals surface area contributed by atoms with Gasteiger partial charge in [0.15, 0.2) is 6.29 Å². The molecular formula is C23H38N7O10P. The summed E-state index contributed by atoms with van der Waals surface area (Å²) in [6, 6.07) is -1.12. The number of carbonyl (C=O) groups is 1. The number of H-pyrrole nitrogens is 1. The lowest BCUT2D eigenvalue weighted by Gasteiger charge is -2.35. The fourth-order valence-electron chi connectivity index (χ4n) is 3.86. The van der Waals surface area contributed by atoms with Crippen LogP contribution in [0.2, 0.25) is 0 Å². The molecule has 230 valence electrons. The average molecular weight is 604 g/mol. The van der Waals surface area contributed by atoms with Gasteiger partial charge in [-0.15, -0.1) is 0 Å². The van der Waals surface area contributed by atoms with Gasteiger partial charge in [-0.1, -0.05) is 11.7 Å². The van der Waals surface area contributed by atoms with Crippen molar-refractivity contribution in [1.82, 2.24) is 19.7 Å². The van der Waals surface area contributed by atoms with E-state index in [2.05, 4.69) is 31.8 Å². The number of aliphatic hydroxyl groups excluding tert-OH is 2. The van der Waals surface area contributed by atoms with Crippen molar-refractivity contribution in [3.05, 3.63) is 55.8 Å². The molecule has 1 aliphatic rings. The second kappa shape index (κ2) is 14.4. The van der Waals surface area contributed by atoms with E-state index in [1.165, 1.54) is 13.8 Å². The fourth-order valence-corrected chi connectivity index (χ4v) is 5.73. The zero-order valence-electron chi connectivity index (χ0n) is 23.7. The monoisotopic (exact) mass is 603 g/mol. The molecule has 0 bridgehead atoms. The number of carbonyl (C=O) groups excluding carboxylic acids is 1. The molecule has 1 aromatic rings. The largest absolute Gasteiger partial charge is 0.462 e. The summed E-state index contributed by atoms with van der Waals surface area (Å²) in [4.78, 5) is 41.1. The number of rotatable bonds is 15. The molecule has 0 amide bonds. The lowest BCUT2D eigenvalue weighted by Crippen LogP contribution is -2.48. The quantitative estimate of drug-likeness (QED) is 0.0474. The van der Waals surface area contributed by atoms with Gasteiger partial charge in [0.25, 0.3) is 5.56 Å². The number of hydrogen-bond donors (Lipinski definition) is 5. The van der Waals surface area contributed by atoms with E-state index >= 15 is 0 Å². The van der Waals surface area contributed by atoms with Gasteiger partial charge in [0.1, 0.15) is 17.9 Å². The van der Waals surface area contributed by atoms with Crippen LogP contribution in [0.25, 0.3) is 10.4 Å². The number of aromatic nitrogens is 2. The fraction of sp³-hybridized carbons (Fsp3) is 0.696. The van der Waals surface area contributed by atoms with Crippen LogP contribution in [0.3, 0.4) is 0 Å². The number of nitrogens with zero attached hydrogens (tertiary/aromatic N) is 4. The van der Waals surface area contributed by atoms with Crippen molar-refractivity contribution >= 4 is 13.6 Å². The number of ether oxygens (including phenoxy) is 3. The van der Waals surface area contributed by atoms with E-state index in [1.54, 1.807) is 27.7 Å². The molecule has 0 spiro atoms. The predicted octanol–water partition coefficient (Wildman–Crippen LogP) is 1.16. The van der Waals surface area contributed by atoms with Gasteiger partial charge < -0.3 is 28.9 Å². The molecule has 41 heavy (non-hydrogen) atoms. The van der Waals surface area contributed by atoms with Gasteiger partial charge in [0.05, 0.1) is 31.0 Å². The number of azide groups is 1. The highest BCUT2D eigenvalue weighted by Crippen LogP contribution is 2.46. The number of aliphatic hydroxyl groups is 2. The van der Waals surface area contributed by atoms with Crippen LogP contribution in [0.4, 0.5) is 0 Å². The Labute approximate surface area is 236 Å². The molecule has 1 saturated heterocycles. The van der Waals surface area contributed by atoms with Gasteiger partial charge in [-0.3, -0.25) is 23.7 Å². The van der Waals surface area contributed by atoms with Crippen molar-refractivity contribution < 1.29 is 38.3 Å². The minimum atomic E-state index is -4.34. The number of nitrogens with one attached hydrogen (secondary N) is 3. The van der Waals surface area contributed by atoms with Crippen LogP contribution in [-0.2, 0) is 28.1 Å². The maximum absolute atomic E-state index is 14.1. The lowest BCUT2D eigenvalue weighted by atomic mass is 9.95. The average Bonchev–Trinajstić information content (AvgIpc) is 3.19. The Morgan fingerprint density at radius 2 is 1.98 bits per heavy atom. The summed E-state index contributed by atoms with van der Waals surface area (Å²) in [5, 5.41) is 30.0. The van der Waals surface area contributed by atoms with Crippen molar-refractivity contribution in [2.75, 3.05) is 6.61 Å². The van der Waals surface area contributed by atoms with Gasteiger partial charge in [-0.25, -0.2) is 15.0 Å². The van der Waals surface area contributed by atoms with E-state index in [0.717, 1.165) is 16.8 Å². The zero-order chi connectivity index (χ0) is 31.1. The molecule has 18 heteroatoms. The summed E-state index contributed by atoms with van der Waals surface area (Å²) in [5.74, 6) is -0.750. The topological polar surface area (TPSA) is 239 Å². The SMILES string of the molecule is C=C(N=[N+]=[N-])[C@]1(COP(=O)(N[C@@H](C)C(=O)OC(C)C)N[C@@H](C)C(O)OC(C)C)O[C@@H](n2ccc(=O)[nH]c2=O)C[C@@H]1O. The van der Waals surface area contributed by atoms with Crippen LogP contribution in [-0.4, -0.2) is 74.6 Å². The van der Waals surface area contributed by atoms with E-state index in [0.29, 0.717) is 0 Å². The zero-order valence-corrected chi connectivity index (χ0v) is 24.6. The van der Waals surface area contributed by atoms with Gasteiger partial charge in [0.2, 0.25) is 0 Å². The predicted molar refractivity (Wildman–Crippen MR) is 145 cm³/mol. The van der Waals surface area contributed by atoms with Crippen LogP contribution in [0.1, 0.15) is 54.2 Å². The van der Waals surface area contributed by atoms with Crippen molar-refractivity contribution in [2.24, 2.45) is 5.11 Å². The van der Waals surface area contributed by atoms with Crippen molar-refractivity contribution in [1.29, 1.82) is 0 Å². The van der Waals surface area contributed by atoms with Crippen molar-refractivity contribution in [3.63, 3.8) is 0 Å². The second-order valence-electron chi connectivity index (χ2n) is 10.0. The molecule has 1 aromatic heterocycles. The lowest BCUT2D eigenvalue weighted by molar-refractivity contribution is -0.149. The van der Waals surface area contributed by atoms with Crippen molar-refractivity contribution in [3.8, 4) is 0 Å². The highest BCUT2D eigenvalue weighted by Gasteiger charge is 2.52. The summed E-state index contributed by atoms with van der Waals surface area (Å²) >= 11 is 0. The van der Waals surface area contributed by atoms with E-state index < -0.39 is 73.9 Å². The Kier molecular flexibility index (Phi) is 12.0. The molecule has 0 radical (unpaired) electrons. The Bertz CT molecular complexity index is 1290. The first-order chi connectivity index (χ1) is 19.0. The summed E-state index contributed by atoms with van der Waals surface area (Å²) in [5.41, 5.74) is 5.17. The maximum atomic E-state index is 14.1. The number of aromatic amines is 1. The smallest absolute Gasteiger partial charge is 0.342 e. The molecule has 0 aromatic carbocycles. The van der Waals surface area contributed by atoms with Crippen molar-refractivity contribution in [2.45, 2.75) is 96.5 Å². The van der Waals surface area contributed by atoms with E-state index in [1.807, 2.05) is 0 Å². The normalized spacial score (nSPS) is 24.3. The highest BCUT2D eigenvalue weighted by molar-refractivity contribution is 7.54. The Balaban J connectivity index is 2.43. The van der Waals surface area contributed by atoms with Gasteiger partial charge in [-0.2, -0.15) is 0 Å².